The van der Waals surface area contributed by atoms with Crippen LogP contribution in [0.25, 0.3) is 0 Å². The zero-order chi connectivity index (χ0) is 15.4. The van der Waals surface area contributed by atoms with Crippen molar-refractivity contribution in [2.45, 2.75) is 32.7 Å². The molecule has 21 heavy (non-hydrogen) atoms. The number of aryl methyl sites for hydroxylation is 1. The van der Waals surface area contributed by atoms with Crippen molar-refractivity contribution in [2.24, 2.45) is 0 Å². The van der Waals surface area contributed by atoms with Gasteiger partial charge < -0.3 is 10.1 Å². The van der Waals surface area contributed by atoms with Gasteiger partial charge in [0, 0.05) is 17.6 Å². The number of rotatable bonds is 5. The van der Waals surface area contributed by atoms with Gasteiger partial charge in [0.15, 0.2) is 0 Å². The number of carbonyl (C=O) groups is 1. The topological polar surface area (TPSA) is 41.6 Å². The average molecular weight is 311 g/mol. The number of nitrogens with zero attached hydrogens (tertiary/aromatic N) is 1. The van der Waals surface area contributed by atoms with Gasteiger partial charge in [-0.15, -0.1) is 0 Å². The average Bonchev–Trinajstić information content (AvgIpc) is 2.94. The molecule has 5 heteroatoms. The van der Waals surface area contributed by atoms with Gasteiger partial charge in [0.25, 0.3) is 5.91 Å². The second kappa shape index (κ2) is 7.14. The lowest BCUT2D eigenvalue weighted by molar-refractivity contribution is 0.0938. The van der Waals surface area contributed by atoms with Gasteiger partial charge in [-0.05, 0) is 50.6 Å². The largest absolute Gasteiger partial charge is 0.496 e. The first-order valence-electron chi connectivity index (χ1n) is 7.43. The lowest BCUT2D eigenvalue weighted by Gasteiger charge is -2.23. The molecule has 0 saturated carbocycles. The van der Waals surface area contributed by atoms with Crippen LogP contribution in [0.3, 0.4) is 0 Å². The van der Waals surface area contributed by atoms with E-state index in [2.05, 4.69) is 17.1 Å². The summed E-state index contributed by atoms with van der Waals surface area (Å²) in [4.78, 5) is 14.8. The molecule has 2 rings (SSSR count). The Labute approximate surface area is 131 Å². The van der Waals surface area contributed by atoms with Crippen LogP contribution in [0.4, 0.5) is 0 Å². The van der Waals surface area contributed by atoms with Gasteiger partial charge in [0.05, 0.1) is 12.7 Å². The monoisotopic (exact) mass is 310 g/mol. The fourth-order valence-electron chi connectivity index (χ4n) is 2.85. The van der Waals surface area contributed by atoms with Gasteiger partial charge in [0.2, 0.25) is 0 Å². The molecule has 0 unspecified atom stereocenters. The Morgan fingerprint density at radius 2 is 2.29 bits per heavy atom. The SMILES string of the molecule is CCN1CCC[C@@H]1CNC(=O)c1cc(Cl)c(C)cc1OC. The van der Waals surface area contributed by atoms with E-state index >= 15 is 0 Å². The van der Waals surface area contributed by atoms with Crippen LogP contribution in [0.1, 0.15) is 35.7 Å². The van der Waals surface area contributed by atoms with E-state index in [1.54, 1.807) is 19.2 Å². The third kappa shape index (κ3) is 3.69. The molecule has 1 fully saturated rings. The Kier molecular flexibility index (Phi) is 5.48. The van der Waals surface area contributed by atoms with Crippen LogP contribution >= 0.6 is 11.6 Å². The Hall–Kier alpha value is -1.26. The highest BCUT2D eigenvalue weighted by Crippen LogP contribution is 2.26. The summed E-state index contributed by atoms with van der Waals surface area (Å²) >= 11 is 6.12. The van der Waals surface area contributed by atoms with E-state index in [9.17, 15) is 4.79 Å². The minimum absolute atomic E-state index is 0.128. The number of likely N-dealkylation sites (N-methyl/N-ethyl adjacent to an activating group) is 1. The van der Waals surface area contributed by atoms with Gasteiger partial charge in [-0.1, -0.05) is 18.5 Å². The number of likely N-dealkylation sites (tertiary alicyclic amines) is 1. The number of halogens is 1. The summed E-state index contributed by atoms with van der Waals surface area (Å²) in [6, 6.07) is 3.91. The molecule has 1 aromatic carbocycles. The fourth-order valence-corrected chi connectivity index (χ4v) is 3.01. The third-order valence-electron chi connectivity index (χ3n) is 4.13. The maximum atomic E-state index is 12.4. The Morgan fingerprint density at radius 1 is 1.52 bits per heavy atom. The fraction of sp³-hybridized carbons (Fsp3) is 0.562. The van der Waals surface area contributed by atoms with Crippen molar-refractivity contribution in [3.8, 4) is 5.75 Å². The molecule has 1 atom stereocenters. The van der Waals surface area contributed by atoms with Crippen LogP contribution in [0.15, 0.2) is 12.1 Å². The molecule has 0 radical (unpaired) electrons. The number of carbonyl (C=O) groups excluding carboxylic acids is 1. The van der Waals surface area contributed by atoms with Gasteiger partial charge in [-0.2, -0.15) is 0 Å². The van der Waals surface area contributed by atoms with E-state index in [1.807, 2.05) is 6.92 Å². The third-order valence-corrected chi connectivity index (χ3v) is 4.54. The maximum Gasteiger partial charge on any atom is 0.255 e. The van der Waals surface area contributed by atoms with E-state index in [0.717, 1.165) is 25.1 Å². The molecular formula is C16H23ClN2O2. The van der Waals surface area contributed by atoms with E-state index in [-0.39, 0.29) is 5.91 Å². The predicted octanol–water partition coefficient (Wildman–Crippen LogP) is 2.87. The standard InChI is InChI=1S/C16H23ClN2O2/c1-4-19-7-5-6-12(19)10-18-16(20)13-9-14(17)11(2)8-15(13)21-3/h8-9,12H,4-7,10H2,1-3H3,(H,18,20)/t12-/m1/s1. The highest BCUT2D eigenvalue weighted by atomic mass is 35.5. The second-order valence-corrected chi connectivity index (χ2v) is 5.84. The molecule has 1 aliphatic rings. The summed E-state index contributed by atoms with van der Waals surface area (Å²) in [5.74, 6) is 0.435. The smallest absolute Gasteiger partial charge is 0.255 e. The first-order chi connectivity index (χ1) is 10.1. The van der Waals surface area contributed by atoms with E-state index in [4.69, 9.17) is 16.3 Å². The molecule has 1 N–H and O–H groups in total. The molecule has 0 spiro atoms. The van der Waals surface area contributed by atoms with Crippen molar-refractivity contribution in [1.29, 1.82) is 0 Å². The number of methoxy groups -OCH3 is 1. The maximum absolute atomic E-state index is 12.4. The first-order valence-corrected chi connectivity index (χ1v) is 7.81. The second-order valence-electron chi connectivity index (χ2n) is 5.44. The summed E-state index contributed by atoms with van der Waals surface area (Å²) in [5, 5.41) is 3.59. The number of hydrogen-bond acceptors (Lipinski definition) is 3. The Morgan fingerprint density at radius 3 is 2.95 bits per heavy atom. The van der Waals surface area contributed by atoms with Crippen molar-refractivity contribution in [2.75, 3.05) is 26.7 Å². The van der Waals surface area contributed by atoms with Gasteiger partial charge in [0.1, 0.15) is 5.75 Å². The zero-order valence-corrected chi connectivity index (χ0v) is 13.7. The lowest BCUT2D eigenvalue weighted by atomic mass is 10.1. The molecule has 0 aliphatic carbocycles. The van der Waals surface area contributed by atoms with Crippen molar-refractivity contribution in [3.63, 3.8) is 0 Å². The summed E-state index contributed by atoms with van der Waals surface area (Å²) in [7, 11) is 1.56. The van der Waals surface area contributed by atoms with Crippen LogP contribution in [0.5, 0.6) is 5.75 Å². The van der Waals surface area contributed by atoms with Crippen molar-refractivity contribution >= 4 is 17.5 Å². The van der Waals surface area contributed by atoms with Gasteiger partial charge in [-0.3, -0.25) is 9.69 Å². The van der Waals surface area contributed by atoms with Gasteiger partial charge in [-0.25, -0.2) is 0 Å². The molecular weight excluding hydrogens is 288 g/mol. The summed E-state index contributed by atoms with van der Waals surface area (Å²) in [6.45, 7) is 6.87. The number of nitrogens with one attached hydrogen (secondary N) is 1. The molecule has 1 amide bonds. The predicted molar refractivity (Wildman–Crippen MR) is 85.3 cm³/mol. The summed E-state index contributed by atoms with van der Waals surface area (Å²) < 4.78 is 5.29. The quantitative estimate of drug-likeness (QED) is 0.909. The number of hydrogen-bond donors (Lipinski definition) is 1. The molecule has 4 nitrogen and oxygen atoms in total. The molecule has 1 aliphatic heterocycles. The molecule has 1 saturated heterocycles. The highest BCUT2D eigenvalue weighted by molar-refractivity contribution is 6.31. The van der Waals surface area contributed by atoms with Crippen molar-refractivity contribution in [1.82, 2.24) is 10.2 Å². The van der Waals surface area contributed by atoms with E-state index < -0.39 is 0 Å². The van der Waals surface area contributed by atoms with Gasteiger partial charge >= 0.3 is 0 Å². The van der Waals surface area contributed by atoms with E-state index in [1.165, 1.54) is 6.42 Å². The van der Waals surface area contributed by atoms with Crippen molar-refractivity contribution < 1.29 is 9.53 Å². The van der Waals surface area contributed by atoms with Crippen LogP contribution < -0.4 is 10.1 Å². The van der Waals surface area contributed by atoms with Crippen molar-refractivity contribution in [3.05, 3.63) is 28.3 Å². The Balaban J connectivity index is 2.05. The summed E-state index contributed by atoms with van der Waals surface area (Å²) in [6.07, 6.45) is 2.34. The Bertz CT molecular complexity index is 519. The zero-order valence-electron chi connectivity index (χ0n) is 12.9. The molecule has 116 valence electrons. The number of benzene rings is 1. The van der Waals surface area contributed by atoms with Crippen LogP contribution in [0, 0.1) is 6.92 Å². The van der Waals surface area contributed by atoms with Crippen LogP contribution in [-0.2, 0) is 0 Å². The lowest BCUT2D eigenvalue weighted by Crippen LogP contribution is -2.40. The number of ether oxygens (including phenoxy) is 1. The molecule has 1 aromatic rings. The molecule has 0 bridgehead atoms. The highest BCUT2D eigenvalue weighted by Gasteiger charge is 2.24. The summed E-state index contributed by atoms with van der Waals surface area (Å²) in [5.41, 5.74) is 1.40. The van der Waals surface area contributed by atoms with E-state index in [0.29, 0.717) is 28.9 Å². The molecule has 1 heterocycles. The van der Waals surface area contributed by atoms with Crippen LogP contribution in [-0.4, -0.2) is 43.6 Å². The normalized spacial score (nSPS) is 18.8. The molecule has 0 aromatic heterocycles. The number of amides is 1. The van der Waals surface area contributed by atoms with Crippen LogP contribution in [0.2, 0.25) is 5.02 Å². The first kappa shape index (κ1) is 16.1. The minimum atomic E-state index is -0.128. The minimum Gasteiger partial charge on any atom is -0.496 e.